The molecule has 2 aliphatic rings. The predicted octanol–water partition coefficient (Wildman–Crippen LogP) is 2.93. The number of benzene rings is 1. The fourth-order valence-corrected chi connectivity index (χ4v) is 3.46. The number of hydrogen-bond donors (Lipinski definition) is 4. The molecule has 1 saturated carbocycles. The Morgan fingerprint density at radius 3 is 2.71 bits per heavy atom. The van der Waals surface area contributed by atoms with E-state index in [-0.39, 0.29) is 24.2 Å². The highest BCUT2D eigenvalue weighted by Crippen LogP contribution is 2.24. The van der Waals surface area contributed by atoms with Crippen LogP contribution in [-0.2, 0) is 0 Å². The minimum Gasteiger partial charge on any atom is -0.352 e. The van der Waals surface area contributed by atoms with E-state index in [1.54, 1.807) is 6.20 Å². The van der Waals surface area contributed by atoms with Crippen molar-refractivity contribution in [3.63, 3.8) is 0 Å². The van der Waals surface area contributed by atoms with Crippen LogP contribution in [0.15, 0.2) is 29.4 Å². The summed E-state index contributed by atoms with van der Waals surface area (Å²) in [5, 5.41) is 9.33. The summed E-state index contributed by atoms with van der Waals surface area (Å²) >= 11 is 0. The van der Waals surface area contributed by atoms with Crippen molar-refractivity contribution in [1.82, 2.24) is 15.3 Å². The maximum absolute atomic E-state index is 12.5. The highest BCUT2D eigenvalue weighted by Gasteiger charge is 2.25. The molecule has 9 heteroatoms. The van der Waals surface area contributed by atoms with E-state index in [2.05, 4.69) is 26.4 Å². The lowest BCUT2D eigenvalue weighted by atomic mass is 10.1. The lowest BCUT2D eigenvalue weighted by Gasteiger charge is -2.21. The lowest BCUT2D eigenvalue weighted by Crippen LogP contribution is -2.30. The van der Waals surface area contributed by atoms with E-state index in [0.29, 0.717) is 36.2 Å². The molecule has 0 unspecified atom stereocenters. The van der Waals surface area contributed by atoms with Gasteiger partial charge in [0.1, 0.15) is 12.4 Å². The number of fused-ring (bicyclic) bond motifs is 1. The summed E-state index contributed by atoms with van der Waals surface area (Å²) in [6, 6.07) is 5.94. The number of carbonyl (C=O) groups is 2. The van der Waals surface area contributed by atoms with Crippen molar-refractivity contribution in [3.8, 4) is 0 Å². The third-order valence-corrected chi connectivity index (χ3v) is 5.41. The van der Waals surface area contributed by atoms with Crippen molar-refractivity contribution in [2.24, 2.45) is 4.99 Å². The van der Waals surface area contributed by atoms with Gasteiger partial charge in [-0.1, -0.05) is 13.0 Å². The highest BCUT2D eigenvalue weighted by atomic mass is 35.5. The summed E-state index contributed by atoms with van der Waals surface area (Å²) in [4.78, 5) is 29.5. The number of aromatic nitrogens is 1. The second-order valence-corrected chi connectivity index (χ2v) is 7.87. The van der Waals surface area contributed by atoms with Crippen LogP contribution >= 0.6 is 12.4 Å². The molecule has 0 atom stereocenters. The van der Waals surface area contributed by atoms with Gasteiger partial charge in [-0.25, -0.2) is 4.99 Å². The van der Waals surface area contributed by atoms with Crippen LogP contribution in [-0.4, -0.2) is 41.6 Å². The standard InChI is InChI=1S/C22H28N6O2.ClH/c1-4-9-23-22(30)17-11-28-19(14(17)3)20(24-12-25-28)27-18-10-15(6-5-13(18)2)21(29)26-16-7-8-16;/h5-6,10-11,16,25H,4,7-9,12H2,1-3H3,(H,23,30)(H,24,27)(H,26,29);1H. The number of rotatable bonds is 6. The number of nitrogens with zero attached hydrogens (tertiary/aromatic N) is 2. The van der Waals surface area contributed by atoms with E-state index in [9.17, 15) is 9.59 Å². The molecule has 1 fully saturated rings. The van der Waals surface area contributed by atoms with Crippen molar-refractivity contribution >= 4 is 35.7 Å². The minimum absolute atomic E-state index is 0. The Labute approximate surface area is 188 Å². The van der Waals surface area contributed by atoms with Crippen molar-refractivity contribution in [3.05, 3.63) is 52.3 Å². The fraction of sp³-hybridized carbons (Fsp3) is 0.409. The van der Waals surface area contributed by atoms with E-state index < -0.39 is 0 Å². The van der Waals surface area contributed by atoms with Crippen molar-refractivity contribution in [2.45, 2.75) is 46.1 Å². The number of amides is 2. The summed E-state index contributed by atoms with van der Waals surface area (Å²) in [5.41, 5.74) is 7.91. The maximum atomic E-state index is 12.5. The Bertz CT molecular complexity index is 1030. The normalized spacial score (nSPS) is 14.5. The second-order valence-electron chi connectivity index (χ2n) is 7.87. The largest absolute Gasteiger partial charge is 0.352 e. The molecule has 166 valence electrons. The van der Waals surface area contributed by atoms with Crippen LogP contribution in [0.4, 0.5) is 5.69 Å². The second kappa shape index (κ2) is 9.43. The Morgan fingerprint density at radius 1 is 1.23 bits per heavy atom. The van der Waals surface area contributed by atoms with Gasteiger partial charge in [0.05, 0.1) is 5.56 Å². The molecule has 2 aromatic rings. The third-order valence-electron chi connectivity index (χ3n) is 5.41. The van der Waals surface area contributed by atoms with E-state index >= 15 is 0 Å². The van der Waals surface area contributed by atoms with Gasteiger partial charge in [-0.3, -0.25) is 14.3 Å². The first-order valence-corrected chi connectivity index (χ1v) is 10.4. The molecule has 1 aromatic carbocycles. The average Bonchev–Trinajstić information content (AvgIpc) is 3.48. The molecule has 4 rings (SSSR count). The first-order valence-electron chi connectivity index (χ1n) is 10.4. The van der Waals surface area contributed by atoms with E-state index in [0.717, 1.165) is 41.8 Å². The molecular formula is C22H29ClN6O2. The van der Waals surface area contributed by atoms with Crippen LogP contribution in [0, 0.1) is 13.8 Å². The first-order chi connectivity index (χ1) is 14.5. The topological polar surface area (TPSA) is 99.5 Å². The molecule has 1 aliphatic heterocycles. The zero-order valence-corrected chi connectivity index (χ0v) is 18.9. The summed E-state index contributed by atoms with van der Waals surface area (Å²) < 4.78 is 1.84. The Morgan fingerprint density at radius 2 is 2.00 bits per heavy atom. The molecular weight excluding hydrogens is 416 g/mol. The zero-order chi connectivity index (χ0) is 21.3. The van der Waals surface area contributed by atoms with E-state index in [1.807, 2.05) is 43.6 Å². The van der Waals surface area contributed by atoms with Crippen LogP contribution in [0.25, 0.3) is 0 Å². The van der Waals surface area contributed by atoms with Gasteiger partial charge in [-0.05, 0) is 56.4 Å². The van der Waals surface area contributed by atoms with Gasteiger partial charge < -0.3 is 21.4 Å². The van der Waals surface area contributed by atoms with Crippen LogP contribution in [0.3, 0.4) is 0 Å². The number of anilines is 1. The van der Waals surface area contributed by atoms with Crippen LogP contribution < -0.4 is 21.4 Å². The van der Waals surface area contributed by atoms with Crippen molar-refractivity contribution in [1.29, 1.82) is 0 Å². The SMILES string of the molecule is CCCNC(=O)c1cn2c(c1C)C(Nc1cc(C(=O)NC3CC3)ccc1C)=NCN2.Cl. The molecule has 0 radical (unpaired) electrons. The summed E-state index contributed by atoms with van der Waals surface area (Å²) in [6.07, 6.45) is 4.79. The smallest absolute Gasteiger partial charge is 0.253 e. The predicted molar refractivity (Wildman–Crippen MR) is 125 cm³/mol. The van der Waals surface area contributed by atoms with Gasteiger partial charge in [-0.15, -0.1) is 12.4 Å². The number of aryl methyl sites for hydroxylation is 1. The summed E-state index contributed by atoms with van der Waals surface area (Å²) in [5.74, 6) is 0.526. The molecule has 0 bridgehead atoms. The quantitative estimate of drug-likeness (QED) is 0.550. The van der Waals surface area contributed by atoms with Crippen LogP contribution in [0.1, 0.15) is 63.7 Å². The Kier molecular flexibility index (Phi) is 6.90. The fourth-order valence-electron chi connectivity index (χ4n) is 3.46. The first kappa shape index (κ1) is 22.7. The van der Waals surface area contributed by atoms with Gasteiger partial charge in [0, 0.05) is 30.0 Å². The van der Waals surface area contributed by atoms with Gasteiger partial charge in [0.25, 0.3) is 11.8 Å². The molecule has 1 aliphatic carbocycles. The maximum Gasteiger partial charge on any atom is 0.253 e. The number of halogens is 1. The molecule has 1 aromatic heterocycles. The van der Waals surface area contributed by atoms with Gasteiger partial charge in [-0.2, -0.15) is 0 Å². The molecule has 2 heterocycles. The highest BCUT2D eigenvalue weighted by molar-refractivity contribution is 6.11. The zero-order valence-electron chi connectivity index (χ0n) is 18.0. The molecule has 0 saturated heterocycles. The molecule has 4 N–H and O–H groups in total. The number of hydrogen-bond acceptors (Lipinski definition) is 5. The molecule has 31 heavy (non-hydrogen) atoms. The third kappa shape index (κ3) is 4.85. The Hall–Kier alpha value is -3.00. The molecule has 2 amide bonds. The van der Waals surface area contributed by atoms with Gasteiger partial charge in [0.2, 0.25) is 0 Å². The van der Waals surface area contributed by atoms with Crippen molar-refractivity contribution < 1.29 is 9.59 Å². The van der Waals surface area contributed by atoms with Gasteiger partial charge >= 0.3 is 0 Å². The van der Waals surface area contributed by atoms with Crippen molar-refractivity contribution in [2.75, 3.05) is 24.0 Å². The van der Waals surface area contributed by atoms with E-state index in [1.165, 1.54) is 0 Å². The number of nitrogens with one attached hydrogen (secondary N) is 4. The van der Waals surface area contributed by atoms with Gasteiger partial charge in [0.15, 0.2) is 5.84 Å². The number of amidine groups is 1. The molecule has 0 spiro atoms. The summed E-state index contributed by atoms with van der Waals surface area (Å²) in [7, 11) is 0. The minimum atomic E-state index is -0.0904. The molecule has 8 nitrogen and oxygen atoms in total. The van der Waals surface area contributed by atoms with Crippen LogP contribution in [0.2, 0.25) is 0 Å². The monoisotopic (exact) mass is 444 g/mol. The van der Waals surface area contributed by atoms with Crippen LogP contribution in [0.5, 0.6) is 0 Å². The summed E-state index contributed by atoms with van der Waals surface area (Å²) in [6.45, 7) is 6.96. The number of carbonyl (C=O) groups excluding carboxylic acids is 2. The Balaban J connectivity index is 0.00000272. The number of aliphatic imine (C=N–C) groups is 1. The average molecular weight is 445 g/mol. The lowest BCUT2D eigenvalue weighted by molar-refractivity contribution is 0.0943. The van der Waals surface area contributed by atoms with E-state index in [4.69, 9.17) is 0 Å².